The lowest BCUT2D eigenvalue weighted by molar-refractivity contribution is 0.202. The molecule has 7 nitrogen and oxygen atoms in total. The predicted octanol–water partition coefficient (Wildman–Crippen LogP) is 3.18. The van der Waals surface area contributed by atoms with Gasteiger partial charge in [0.05, 0.1) is 17.2 Å². The van der Waals surface area contributed by atoms with Crippen molar-refractivity contribution in [1.29, 1.82) is 10.5 Å². The molecule has 2 aromatic rings. The number of halogens is 2. The summed E-state index contributed by atoms with van der Waals surface area (Å²) < 4.78 is 32.1. The Labute approximate surface area is 184 Å². The third-order valence-corrected chi connectivity index (χ3v) is 5.91. The van der Waals surface area contributed by atoms with Crippen molar-refractivity contribution >= 4 is 11.7 Å². The highest BCUT2D eigenvalue weighted by Gasteiger charge is 2.41. The number of fused-ring (bicyclic) bond motifs is 1. The van der Waals surface area contributed by atoms with Crippen molar-refractivity contribution in [3.63, 3.8) is 0 Å². The van der Waals surface area contributed by atoms with Gasteiger partial charge in [-0.1, -0.05) is 0 Å². The number of urea groups is 1. The van der Waals surface area contributed by atoms with Crippen LogP contribution in [-0.2, 0) is 0 Å². The second kappa shape index (κ2) is 9.21. The maximum atomic E-state index is 13.3. The van der Waals surface area contributed by atoms with E-state index in [2.05, 4.69) is 10.2 Å². The molecule has 2 aliphatic heterocycles. The van der Waals surface area contributed by atoms with Gasteiger partial charge in [0, 0.05) is 44.5 Å². The van der Waals surface area contributed by atoms with E-state index in [0.29, 0.717) is 55.0 Å². The number of nitrogens with one attached hydrogen (secondary N) is 1. The molecule has 0 saturated carbocycles. The zero-order valence-electron chi connectivity index (χ0n) is 17.2. The Morgan fingerprint density at radius 1 is 1.03 bits per heavy atom. The summed E-state index contributed by atoms with van der Waals surface area (Å²) >= 11 is 0. The van der Waals surface area contributed by atoms with Gasteiger partial charge in [-0.3, -0.25) is 4.90 Å². The average Bonchev–Trinajstić information content (AvgIpc) is 3.35. The highest BCUT2D eigenvalue weighted by atomic mass is 19.2. The standard InChI is InChI=1S/C23H21F2N5O2/c24-20-3-2-19(8-21(20)25)28-23(31)30-13-17-11-29(12-18(17)14-30)5-6-32-22-4-1-15(9-26)7-16(22)10-27/h1-4,7-8,17-18H,5-6,11-14H2,(H,28,31). The third kappa shape index (κ3) is 4.63. The smallest absolute Gasteiger partial charge is 0.321 e. The van der Waals surface area contributed by atoms with Gasteiger partial charge in [0.2, 0.25) is 0 Å². The molecule has 2 aliphatic rings. The largest absolute Gasteiger partial charge is 0.491 e. The molecule has 0 aliphatic carbocycles. The Bertz CT molecular complexity index is 1100. The zero-order valence-corrected chi connectivity index (χ0v) is 17.2. The number of nitriles is 2. The number of nitrogens with zero attached hydrogens (tertiary/aromatic N) is 4. The molecule has 2 aromatic carbocycles. The van der Waals surface area contributed by atoms with E-state index in [1.807, 2.05) is 12.1 Å². The summed E-state index contributed by atoms with van der Waals surface area (Å²) in [4.78, 5) is 16.5. The van der Waals surface area contributed by atoms with E-state index >= 15 is 0 Å². The predicted molar refractivity (Wildman–Crippen MR) is 112 cm³/mol. The van der Waals surface area contributed by atoms with Crippen LogP contribution in [-0.4, -0.2) is 55.2 Å². The Kier molecular flexibility index (Phi) is 6.20. The fraction of sp³-hybridized carbons (Fsp3) is 0.348. The quantitative estimate of drug-likeness (QED) is 0.776. The summed E-state index contributed by atoms with van der Waals surface area (Å²) in [5.41, 5.74) is 0.980. The number of amides is 2. The highest BCUT2D eigenvalue weighted by molar-refractivity contribution is 5.89. The van der Waals surface area contributed by atoms with Crippen molar-refractivity contribution in [2.45, 2.75) is 0 Å². The Morgan fingerprint density at radius 3 is 2.44 bits per heavy atom. The molecule has 0 bridgehead atoms. The molecule has 2 fully saturated rings. The molecule has 2 saturated heterocycles. The molecule has 164 valence electrons. The Morgan fingerprint density at radius 2 is 1.78 bits per heavy atom. The fourth-order valence-corrected chi connectivity index (χ4v) is 4.31. The van der Waals surface area contributed by atoms with Gasteiger partial charge in [-0.2, -0.15) is 10.5 Å². The molecule has 9 heteroatoms. The lowest BCUT2D eigenvalue weighted by Crippen LogP contribution is -2.37. The normalized spacial score (nSPS) is 19.8. The van der Waals surface area contributed by atoms with Crippen molar-refractivity contribution in [1.82, 2.24) is 9.80 Å². The highest BCUT2D eigenvalue weighted by Crippen LogP contribution is 2.31. The summed E-state index contributed by atoms with van der Waals surface area (Å²) in [5, 5.41) is 20.8. The number of ether oxygens (including phenoxy) is 1. The maximum absolute atomic E-state index is 13.3. The molecule has 2 heterocycles. The minimum atomic E-state index is -0.998. The van der Waals surface area contributed by atoms with Crippen LogP contribution in [0.2, 0.25) is 0 Å². The van der Waals surface area contributed by atoms with Crippen molar-refractivity contribution in [3.05, 3.63) is 59.2 Å². The van der Waals surface area contributed by atoms with E-state index in [9.17, 15) is 18.8 Å². The molecule has 0 spiro atoms. The first kappa shape index (κ1) is 21.5. The van der Waals surface area contributed by atoms with E-state index in [1.165, 1.54) is 12.1 Å². The minimum Gasteiger partial charge on any atom is -0.491 e. The first-order valence-electron chi connectivity index (χ1n) is 10.3. The van der Waals surface area contributed by atoms with Crippen molar-refractivity contribution in [2.75, 3.05) is 44.6 Å². The molecular formula is C23H21F2N5O2. The Hall–Kier alpha value is -3.69. The number of benzene rings is 2. The SMILES string of the molecule is N#Cc1ccc(OCCN2CC3CN(C(=O)Nc4ccc(F)c(F)c4)CC3C2)c(C#N)c1. The van der Waals surface area contributed by atoms with E-state index in [0.717, 1.165) is 25.2 Å². The number of rotatable bonds is 5. The second-order valence-corrected chi connectivity index (χ2v) is 8.03. The van der Waals surface area contributed by atoms with Gasteiger partial charge in [-0.05, 0) is 42.2 Å². The van der Waals surface area contributed by atoms with Crippen LogP contribution in [0.4, 0.5) is 19.3 Å². The van der Waals surface area contributed by atoms with Crippen LogP contribution < -0.4 is 10.1 Å². The summed E-state index contributed by atoms with van der Waals surface area (Å²) in [5.74, 6) is -0.802. The van der Waals surface area contributed by atoms with Crippen LogP contribution in [0.25, 0.3) is 0 Å². The summed E-state index contributed by atoms with van der Waals surface area (Å²) in [6.45, 7) is 3.99. The van der Waals surface area contributed by atoms with Crippen LogP contribution in [0, 0.1) is 46.1 Å². The monoisotopic (exact) mass is 437 g/mol. The molecule has 2 amide bonds. The molecule has 4 rings (SSSR count). The summed E-state index contributed by atoms with van der Waals surface area (Å²) in [7, 11) is 0. The maximum Gasteiger partial charge on any atom is 0.321 e. The van der Waals surface area contributed by atoms with Crippen LogP contribution in [0.1, 0.15) is 11.1 Å². The minimum absolute atomic E-state index is 0.226. The first-order valence-corrected chi connectivity index (χ1v) is 10.3. The van der Waals surface area contributed by atoms with E-state index in [4.69, 9.17) is 10.00 Å². The lowest BCUT2D eigenvalue weighted by Gasteiger charge is -2.22. The van der Waals surface area contributed by atoms with Gasteiger partial charge in [-0.25, -0.2) is 13.6 Å². The van der Waals surface area contributed by atoms with Gasteiger partial charge in [-0.15, -0.1) is 0 Å². The van der Waals surface area contributed by atoms with Crippen molar-refractivity contribution in [3.8, 4) is 17.9 Å². The molecule has 2 atom stereocenters. The number of likely N-dealkylation sites (tertiary alicyclic amines) is 2. The summed E-state index contributed by atoms with van der Waals surface area (Å²) in [6, 6.07) is 11.8. The van der Waals surface area contributed by atoms with E-state index in [1.54, 1.807) is 17.0 Å². The topological polar surface area (TPSA) is 92.4 Å². The van der Waals surface area contributed by atoms with Crippen LogP contribution >= 0.6 is 0 Å². The molecule has 0 aromatic heterocycles. The van der Waals surface area contributed by atoms with Gasteiger partial charge in [0.15, 0.2) is 11.6 Å². The summed E-state index contributed by atoms with van der Waals surface area (Å²) in [6.07, 6.45) is 0. The average molecular weight is 437 g/mol. The lowest BCUT2D eigenvalue weighted by atomic mass is 10.0. The molecule has 32 heavy (non-hydrogen) atoms. The fourth-order valence-electron chi connectivity index (χ4n) is 4.31. The first-order chi connectivity index (χ1) is 15.5. The number of carbonyl (C=O) groups excluding carboxylic acids is 1. The van der Waals surface area contributed by atoms with Crippen LogP contribution in [0.3, 0.4) is 0 Å². The molecular weight excluding hydrogens is 416 g/mol. The number of hydrogen-bond acceptors (Lipinski definition) is 5. The molecule has 1 N–H and O–H groups in total. The van der Waals surface area contributed by atoms with E-state index in [-0.39, 0.29) is 11.7 Å². The Balaban J connectivity index is 1.24. The van der Waals surface area contributed by atoms with Crippen molar-refractivity contribution in [2.24, 2.45) is 11.8 Å². The third-order valence-electron chi connectivity index (χ3n) is 5.91. The number of carbonyl (C=O) groups is 1. The van der Waals surface area contributed by atoms with Gasteiger partial charge >= 0.3 is 6.03 Å². The van der Waals surface area contributed by atoms with Crippen LogP contribution in [0.5, 0.6) is 5.75 Å². The second-order valence-electron chi connectivity index (χ2n) is 8.03. The van der Waals surface area contributed by atoms with E-state index < -0.39 is 11.6 Å². The van der Waals surface area contributed by atoms with Gasteiger partial charge in [0.1, 0.15) is 18.4 Å². The molecule has 0 radical (unpaired) electrons. The van der Waals surface area contributed by atoms with Crippen LogP contribution in [0.15, 0.2) is 36.4 Å². The zero-order chi connectivity index (χ0) is 22.7. The number of anilines is 1. The number of hydrogen-bond donors (Lipinski definition) is 1. The van der Waals surface area contributed by atoms with Gasteiger partial charge < -0.3 is 15.0 Å². The van der Waals surface area contributed by atoms with Crippen molar-refractivity contribution < 1.29 is 18.3 Å². The van der Waals surface area contributed by atoms with Gasteiger partial charge in [0.25, 0.3) is 0 Å². The molecule has 2 unspecified atom stereocenters.